The number of carbonyl (C=O) groups excluding carboxylic acids is 1. The smallest absolute Gasteiger partial charge is 0.223 e. The number of nitrogens with zero attached hydrogens (tertiary/aromatic N) is 2. The Kier molecular flexibility index (Phi) is 6.11. The van der Waals surface area contributed by atoms with Crippen molar-refractivity contribution in [1.82, 2.24) is 9.88 Å². The first kappa shape index (κ1) is 20.5. The van der Waals surface area contributed by atoms with Gasteiger partial charge < -0.3 is 9.32 Å². The van der Waals surface area contributed by atoms with Crippen LogP contribution in [0.25, 0.3) is 22.2 Å². The summed E-state index contributed by atoms with van der Waals surface area (Å²) in [5.41, 5.74) is 2.12. The molecule has 1 aliphatic rings. The normalized spacial score (nSPS) is 16.5. The summed E-state index contributed by atoms with van der Waals surface area (Å²) in [7, 11) is 0. The predicted molar refractivity (Wildman–Crippen MR) is 112 cm³/mol. The van der Waals surface area contributed by atoms with Crippen LogP contribution in [0, 0.1) is 11.6 Å². The number of carbonyl (C=O) groups is 1. The maximum absolute atomic E-state index is 14.1. The van der Waals surface area contributed by atoms with Crippen LogP contribution in [0.4, 0.5) is 8.78 Å². The van der Waals surface area contributed by atoms with Crippen LogP contribution in [0.1, 0.15) is 63.8 Å². The van der Waals surface area contributed by atoms with E-state index >= 15 is 0 Å². The maximum Gasteiger partial charge on any atom is 0.223 e. The zero-order chi connectivity index (χ0) is 21.1. The number of halogens is 2. The molecule has 0 spiro atoms. The van der Waals surface area contributed by atoms with E-state index in [-0.39, 0.29) is 11.9 Å². The third-order valence-corrected chi connectivity index (χ3v) is 5.75. The molecular weight excluding hydrogens is 386 g/mol. The van der Waals surface area contributed by atoms with Crippen molar-refractivity contribution in [3.8, 4) is 11.1 Å². The van der Waals surface area contributed by atoms with Gasteiger partial charge in [0.2, 0.25) is 11.8 Å². The Morgan fingerprint density at radius 1 is 1.17 bits per heavy atom. The highest BCUT2D eigenvalue weighted by Crippen LogP contribution is 2.35. The lowest BCUT2D eigenvalue weighted by atomic mass is 10.0. The van der Waals surface area contributed by atoms with Gasteiger partial charge in [-0.2, -0.15) is 0 Å². The second kappa shape index (κ2) is 8.94. The summed E-state index contributed by atoms with van der Waals surface area (Å²) in [5, 5.41) is 0. The largest absolute Gasteiger partial charge is 0.438 e. The summed E-state index contributed by atoms with van der Waals surface area (Å²) in [6.07, 6.45) is 6.60. The van der Waals surface area contributed by atoms with E-state index < -0.39 is 11.6 Å². The highest BCUT2D eigenvalue weighted by atomic mass is 19.1. The number of oxazole rings is 1. The number of likely N-dealkylation sites (tertiary alicyclic amines) is 1. The minimum absolute atomic E-state index is 0.151. The van der Waals surface area contributed by atoms with Gasteiger partial charge >= 0.3 is 0 Å². The van der Waals surface area contributed by atoms with Crippen LogP contribution in [0.15, 0.2) is 40.8 Å². The lowest BCUT2D eigenvalue weighted by Gasteiger charge is -2.22. The van der Waals surface area contributed by atoms with Gasteiger partial charge in [-0.25, -0.2) is 13.8 Å². The zero-order valence-corrected chi connectivity index (χ0v) is 17.2. The fourth-order valence-electron chi connectivity index (χ4n) is 4.15. The zero-order valence-electron chi connectivity index (χ0n) is 17.2. The summed E-state index contributed by atoms with van der Waals surface area (Å²) in [5.74, 6) is -0.540. The van der Waals surface area contributed by atoms with Crippen LogP contribution >= 0.6 is 0 Å². The molecule has 1 atom stereocenters. The summed E-state index contributed by atoms with van der Waals surface area (Å²) in [4.78, 5) is 19.2. The first-order chi connectivity index (χ1) is 14.6. The van der Waals surface area contributed by atoms with Crippen molar-refractivity contribution in [2.45, 2.75) is 57.9 Å². The number of fused-ring (bicyclic) bond motifs is 1. The summed E-state index contributed by atoms with van der Waals surface area (Å²) >= 11 is 0. The third-order valence-electron chi connectivity index (χ3n) is 5.75. The van der Waals surface area contributed by atoms with E-state index in [0.29, 0.717) is 34.5 Å². The second-order valence-corrected chi connectivity index (χ2v) is 7.91. The Bertz CT molecular complexity index is 1050. The van der Waals surface area contributed by atoms with Crippen LogP contribution in [-0.2, 0) is 4.79 Å². The molecule has 1 aromatic heterocycles. The Hall–Kier alpha value is -2.76. The number of amides is 1. The van der Waals surface area contributed by atoms with Crippen molar-refractivity contribution in [1.29, 1.82) is 0 Å². The van der Waals surface area contributed by atoms with E-state index in [1.54, 1.807) is 18.2 Å². The molecule has 1 aliphatic heterocycles. The molecule has 0 bridgehead atoms. The van der Waals surface area contributed by atoms with E-state index in [9.17, 15) is 13.6 Å². The van der Waals surface area contributed by atoms with Crippen LogP contribution in [-0.4, -0.2) is 22.3 Å². The van der Waals surface area contributed by atoms with Gasteiger partial charge in [-0.05, 0) is 49.1 Å². The molecule has 0 radical (unpaired) electrons. The Balaban J connectivity index is 1.55. The van der Waals surface area contributed by atoms with Crippen LogP contribution in [0.5, 0.6) is 0 Å². The van der Waals surface area contributed by atoms with E-state index in [2.05, 4.69) is 11.9 Å². The molecule has 4 rings (SSSR count). The van der Waals surface area contributed by atoms with Gasteiger partial charge in [-0.1, -0.05) is 32.3 Å². The fraction of sp³-hybridized carbons (Fsp3) is 0.417. The van der Waals surface area contributed by atoms with Crippen LogP contribution in [0.3, 0.4) is 0 Å². The van der Waals surface area contributed by atoms with Crippen molar-refractivity contribution >= 4 is 17.0 Å². The Morgan fingerprint density at radius 3 is 2.83 bits per heavy atom. The SMILES string of the molecule is CCCCCCC(=O)N1CCC[C@H]1c1nc2cc(-c3ccc(F)cc3F)ccc2o1. The Morgan fingerprint density at radius 2 is 2.03 bits per heavy atom. The molecule has 3 aromatic rings. The lowest BCUT2D eigenvalue weighted by molar-refractivity contribution is -0.132. The average Bonchev–Trinajstić information content (AvgIpc) is 3.37. The molecule has 6 heteroatoms. The van der Waals surface area contributed by atoms with Crippen LogP contribution < -0.4 is 0 Å². The number of benzene rings is 2. The van der Waals surface area contributed by atoms with Gasteiger partial charge in [-0.3, -0.25) is 4.79 Å². The summed E-state index contributed by atoms with van der Waals surface area (Å²) in [6, 6.07) is 8.60. The summed E-state index contributed by atoms with van der Waals surface area (Å²) in [6.45, 7) is 2.88. The van der Waals surface area contributed by atoms with Crippen molar-refractivity contribution in [2.24, 2.45) is 0 Å². The molecule has 158 valence electrons. The molecule has 1 saturated heterocycles. The molecule has 0 N–H and O–H groups in total. The third kappa shape index (κ3) is 4.23. The standard InChI is InChI=1S/C24H26F2N2O2/c1-2-3-4-5-8-23(29)28-13-6-7-21(28)24-27-20-14-16(9-12-22(20)30-24)18-11-10-17(25)15-19(18)26/h9-12,14-15,21H,2-8,13H2,1H3/t21-/m0/s1. The summed E-state index contributed by atoms with van der Waals surface area (Å²) < 4.78 is 33.3. The van der Waals surface area contributed by atoms with E-state index in [1.165, 1.54) is 12.1 Å². The molecule has 1 fully saturated rings. The quantitative estimate of drug-likeness (QED) is 0.422. The second-order valence-electron chi connectivity index (χ2n) is 7.91. The average molecular weight is 412 g/mol. The van der Waals surface area contributed by atoms with Gasteiger partial charge in [0.1, 0.15) is 23.2 Å². The molecule has 0 aliphatic carbocycles. The first-order valence-corrected chi connectivity index (χ1v) is 10.7. The van der Waals surface area contributed by atoms with Crippen LogP contribution in [0.2, 0.25) is 0 Å². The lowest BCUT2D eigenvalue weighted by Crippen LogP contribution is -2.30. The Labute approximate surface area is 174 Å². The molecule has 2 heterocycles. The number of rotatable bonds is 7. The monoisotopic (exact) mass is 412 g/mol. The predicted octanol–water partition coefficient (Wildman–Crippen LogP) is 6.41. The molecular formula is C24H26F2N2O2. The van der Waals surface area contributed by atoms with E-state index in [1.807, 2.05) is 4.90 Å². The van der Waals surface area contributed by atoms with Crippen molar-refractivity contribution in [2.75, 3.05) is 6.54 Å². The number of hydrogen-bond donors (Lipinski definition) is 0. The first-order valence-electron chi connectivity index (χ1n) is 10.7. The fourth-order valence-corrected chi connectivity index (χ4v) is 4.15. The molecule has 2 aromatic carbocycles. The topological polar surface area (TPSA) is 46.3 Å². The number of unbranched alkanes of at least 4 members (excludes halogenated alkanes) is 3. The molecule has 0 saturated carbocycles. The van der Waals surface area contributed by atoms with Gasteiger partial charge in [-0.15, -0.1) is 0 Å². The maximum atomic E-state index is 14.1. The molecule has 0 unspecified atom stereocenters. The van der Waals surface area contributed by atoms with Gasteiger partial charge in [0.15, 0.2) is 5.58 Å². The molecule has 30 heavy (non-hydrogen) atoms. The van der Waals surface area contributed by atoms with Crippen molar-refractivity contribution in [3.63, 3.8) is 0 Å². The molecule has 1 amide bonds. The highest BCUT2D eigenvalue weighted by molar-refractivity contribution is 5.81. The van der Waals surface area contributed by atoms with Gasteiger partial charge in [0, 0.05) is 24.6 Å². The highest BCUT2D eigenvalue weighted by Gasteiger charge is 2.33. The minimum Gasteiger partial charge on any atom is -0.438 e. The van der Waals surface area contributed by atoms with Crippen molar-refractivity contribution in [3.05, 3.63) is 53.9 Å². The molecule has 4 nitrogen and oxygen atoms in total. The number of hydrogen-bond acceptors (Lipinski definition) is 3. The van der Waals surface area contributed by atoms with E-state index in [0.717, 1.165) is 51.1 Å². The van der Waals surface area contributed by atoms with Gasteiger partial charge in [0.05, 0.1) is 0 Å². The number of aromatic nitrogens is 1. The van der Waals surface area contributed by atoms with Gasteiger partial charge in [0.25, 0.3) is 0 Å². The van der Waals surface area contributed by atoms with Crippen molar-refractivity contribution < 1.29 is 18.0 Å². The van der Waals surface area contributed by atoms with E-state index in [4.69, 9.17) is 4.42 Å². The minimum atomic E-state index is -0.617.